The molecule has 5 heterocycles. The Morgan fingerprint density at radius 2 is 1.25 bits per heavy atom. The van der Waals surface area contributed by atoms with Gasteiger partial charge in [-0.1, -0.05) is 139 Å². The molecule has 11 aromatic rings. The van der Waals surface area contributed by atoms with Crippen molar-refractivity contribution in [3.63, 3.8) is 0 Å². The molecule has 1 aliphatic rings. The van der Waals surface area contributed by atoms with Crippen LogP contribution in [0.4, 0.5) is 0 Å². The molecule has 12 rings (SSSR count). The fourth-order valence-corrected chi connectivity index (χ4v) is 14.4. The van der Waals surface area contributed by atoms with Gasteiger partial charge in [0.25, 0.3) is 0 Å². The molecule has 0 spiro atoms. The summed E-state index contributed by atoms with van der Waals surface area (Å²) in [4.78, 5) is 9.87. The molecular formula is C53H36N4OPtSi. The van der Waals surface area contributed by atoms with E-state index in [2.05, 4.69) is 199 Å². The summed E-state index contributed by atoms with van der Waals surface area (Å²) in [5, 5.41) is 10.2. The van der Waals surface area contributed by atoms with Gasteiger partial charge >= 0.3 is 21.1 Å². The van der Waals surface area contributed by atoms with E-state index in [4.69, 9.17) is 14.7 Å². The smallest absolute Gasteiger partial charge is 0.457 e. The normalized spacial score (nSPS) is 13.3. The third kappa shape index (κ3) is 5.08. The average molecular weight is 968 g/mol. The van der Waals surface area contributed by atoms with Crippen LogP contribution in [0.1, 0.15) is 25.0 Å². The van der Waals surface area contributed by atoms with E-state index in [1.165, 1.54) is 21.3 Å². The monoisotopic (exact) mass is 967 g/mol. The quantitative estimate of drug-likeness (QED) is 0.0748. The fourth-order valence-electron chi connectivity index (χ4n) is 9.89. The van der Waals surface area contributed by atoms with Gasteiger partial charge in [0.1, 0.15) is 25.4 Å². The first-order valence-corrected chi connectivity index (χ1v) is 22.1. The van der Waals surface area contributed by atoms with Crippen molar-refractivity contribution >= 4 is 77.9 Å². The number of hydrogen-bond donors (Lipinski definition) is 0. The van der Waals surface area contributed by atoms with Crippen LogP contribution in [-0.2, 0) is 26.5 Å². The van der Waals surface area contributed by atoms with Crippen LogP contribution in [0.25, 0.3) is 54.9 Å². The van der Waals surface area contributed by atoms with Crippen LogP contribution in [-0.4, -0.2) is 27.0 Å². The molecule has 0 saturated carbocycles. The number of fused-ring (bicyclic) bond motifs is 12. The number of nitrogens with zero attached hydrogens (tertiary/aromatic N) is 4. The Kier molecular flexibility index (Phi) is 8.35. The molecule has 4 aromatic heterocycles. The minimum atomic E-state index is -3.15. The third-order valence-electron chi connectivity index (χ3n) is 12.6. The van der Waals surface area contributed by atoms with Crippen molar-refractivity contribution in [1.82, 2.24) is 18.9 Å². The zero-order valence-electron chi connectivity index (χ0n) is 32.8. The predicted octanol–water partition coefficient (Wildman–Crippen LogP) is 9.54. The van der Waals surface area contributed by atoms with Crippen molar-refractivity contribution in [2.75, 3.05) is 0 Å². The van der Waals surface area contributed by atoms with Gasteiger partial charge in [0.15, 0.2) is 0 Å². The van der Waals surface area contributed by atoms with Crippen LogP contribution in [0, 0.1) is 12.1 Å². The molecule has 0 saturated heterocycles. The number of pyridine rings is 2. The minimum Gasteiger partial charge on any atom is -0.457 e. The third-order valence-corrected chi connectivity index (χ3v) is 17.2. The van der Waals surface area contributed by atoms with Crippen molar-refractivity contribution in [2.45, 2.75) is 19.3 Å². The molecule has 0 fully saturated rings. The van der Waals surface area contributed by atoms with Gasteiger partial charge in [-0.05, 0) is 51.5 Å². The van der Waals surface area contributed by atoms with E-state index in [1.54, 1.807) is 0 Å². The van der Waals surface area contributed by atoms with E-state index >= 15 is 0 Å². The second-order valence-corrected chi connectivity index (χ2v) is 19.7. The number of ether oxygens (including phenoxy) is 1. The average Bonchev–Trinajstić information content (AvgIpc) is 3.92. The molecule has 7 heteroatoms. The first-order valence-electron chi connectivity index (χ1n) is 20.1. The molecule has 288 valence electrons. The summed E-state index contributed by atoms with van der Waals surface area (Å²) in [5.41, 5.74) is 6.09. The molecule has 0 N–H and O–H groups in total. The fraction of sp³-hybridized carbons (Fsp3) is 0.0566. The Bertz CT molecular complexity index is 3410. The molecule has 60 heavy (non-hydrogen) atoms. The number of aromatic nitrogens is 4. The number of hydrogen-bond acceptors (Lipinski definition) is 3. The van der Waals surface area contributed by atoms with Gasteiger partial charge in [-0.3, -0.25) is 4.98 Å². The van der Waals surface area contributed by atoms with Gasteiger partial charge in [0, 0.05) is 46.2 Å². The van der Waals surface area contributed by atoms with Gasteiger partial charge in [-0.15, -0.1) is 28.8 Å². The maximum absolute atomic E-state index is 6.94. The largest absolute Gasteiger partial charge is 2.00 e. The SMILES string of the molecule is CC1(C)c2ccccc2Oc2c1ccc1c2c2ccc([Si](c3[c-]c4c(cc3)c3ccccc3n3ccnc43)(c3ccccc3)c3ccccc3)[c-]c2n1-c1ccccn1.[Pt+2]. The summed E-state index contributed by atoms with van der Waals surface area (Å²) in [6, 6.07) is 67.0. The van der Waals surface area contributed by atoms with Crippen molar-refractivity contribution < 1.29 is 25.8 Å². The van der Waals surface area contributed by atoms with E-state index in [0.717, 1.165) is 77.0 Å². The summed E-state index contributed by atoms with van der Waals surface area (Å²) < 4.78 is 11.4. The Hall–Kier alpha value is -6.59. The van der Waals surface area contributed by atoms with Gasteiger partial charge in [-0.2, -0.15) is 23.4 Å². The molecule has 0 aliphatic carbocycles. The van der Waals surface area contributed by atoms with Crippen LogP contribution in [0.2, 0.25) is 0 Å². The zero-order chi connectivity index (χ0) is 39.3. The Labute approximate surface area is 362 Å². The molecule has 0 radical (unpaired) electrons. The van der Waals surface area contributed by atoms with E-state index in [9.17, 15) is 0 Å². The van der Waals surface area contributed by atoms with Crippen LogP contribution < -0.4 is 25.5 Å². The first-order chi connectivity index (χ1) is 29.0. The Morgan fingerprint density at radius 1 is 0.567 bits per heavy atom. The summed E-state index contributed by atoms with van der Waals surface area (Å²) in [7, 11) is -3.15. The van der Waals surface area contributed by atoms with Gasteiger partial charge in [0.2, 0.25) is 0 Å². The molecule has 0 unspecified atom stereocenters. The number of benzene rings is 7. The molecular weight excluding hydrogens is 932 g/mol. The van der Waals surface area contributed by atoms with Crippen molar-refractivity contribution in [2.24, 2.45) is 0 Å². The van der Waals surface area contributed by atoms with Crippen LogP contribution >= 0.6 is 0 Å². The molecule has 5 nitrogen and oxygen atoms in total. The van der Waals surface area contributed by atoms with E-state index in [0.29, 0.717) is 0 Å². The summed E-state index contributed by atoms with van der Waals surface area (Å²) in [6.07, 6.45) is 5.81. The van der Waals surface area contributed by atoms with Crippen molar-refractivity contribution in [1.29, 1.82) is 0 Å². The van der Waals surface area contributed by atoms with Crippen LogP contribution in [0.5, 0.6) is 11.5 Å². The number of imidazole rings is 1. The summed E-state index contributed by atoms with van der Waals surface area (Å²) in [6.45, 7) is 4.59. The van der Waals surface area contributed by atoms with E-state index in [-0.39, 0.29) is 26.5 Å². The van der Waals surface area contributed by atoms with E-state index < -0.39 is 8.07 Å². The summed E-state index contributed by atoms with van der Waals surface area (Å²) in [5.74, 6) is 2.61. The molecule has 0 atom stereocenters. The molecule has 0 amide bonds. The second kappa shape index (κ2) is 13.7. The molecule has 7 aromatic carbocycles. The zero-order valence-corrected chi connectivity index (χ0v) is 36.1. The standard InChI is InChI=1S/C53H36N4OSi.Pt/c1-53(2)43-20-10-12-22-48(43)58-51-44(53)28-29-46-50(51)41-27-25-38(34-47(41)57(46)49-23-13-14-30-54-49)59(35-15-5-3-6-16-35,36-17-7-4-8-18-36)37-24-26-39-40-19-9-11-21-45(40)56-32-31-55-52(56)42(39)33-37;/h3-32H,1-2H3;/q-2;+2. The topological polar surface area (TPSA) is 44.4 Å². The number of para-hydroxylation sites is 2. The number of rotatable bonds is 5. The first kappa shape index (κ1) is 36.5. The predicted molar refractivity (Wildman–Crippen MR) is 242 cm³/mol. The second-order valence-electron chi connectivity index (χ2n) is 16.0. The van der Waals surface area contributed by atoms with Crippen molar-refractivity contribution in [3.05, 3.63) is 206 Å². The van der Waals surface area contributed by atoms with Gasteiger partial charge in [-0.25, -0.2) is 4.98 Å². The van der Waals surface area contributed by atoms with Gasteiger partial charge in [0.05, 0.1) is 5.65 Å². The maximum atomic E-state index is 6.94. The van der Waals surface area contributed by atoms with Gasteiger partial charge < -0.3 is 13.7 Å². The van der Waals surface area contributed by atoms with E-state index in [1.807, 2.05) is 18.5 Å². The molecule has 0 bridgehead atoms. The summed E-state index contributed by atoms with van der Waals surface area (Å²) >= 11 is 0. The molecule has 1 aliphatic heterocycles. The maximum Gasteiger partial charge on any atom is 2.00 e. The van der Waals surface area contributed by atoms with Crippen LogP contribution in [0.15, 0.2) is 182 Å². The minimum absolute atomic E-state index is 0. The Balaban J connectivity index is 0.00000408. The van der Waals surface area contributed by atoms with Crippen LogP contribution in [0.3, 0.4) is 0 Å². The Morgan fingerprint density at radius 3 is 2.02 bits per heavy atom. The van der Waals surface area contributed by atoms with Crippen molar-refractivity contribution in [3.8, 4) is 17.3 Å².